The first-order valence-corrected chi connectivity index (χ1v) is 9.50. The van der Waals surface area contributed by atoms with Crippen LogP contribution < -0.4 is 5.32 Å². The Balaban J connectivity index is 1.42. The number of para-hydroxylation sites is 1. The molecule has 136 valence electrons. The molecule has 26 heavy (non-hydrogen) atoms. The molecule has 2 amide bonds. The molecule has 2 aromatic rings. The molecule has 1 aromatic heterocycles. The van der Waals surface area contributed by atoms with Gasteiger partial charge in [0.25, 0.3) is 5.91 Å². The number of nitrogens with zero attached hydrogens (tertiary/aromatic N) is 2. The molecule has 2 heterocycles. The smallest absolute Gasteiger partial charge is 0.270 e. The maximum Gasteiger partial charge on any atom is 0.270 e. The van der Waals surface area contributed by atoms with Crippen LogP contribution >= 0.6 is 12.2 Å². The van der Waals surface area contributed by atoms with Gasteiger partial charge in [0, 0.05) is 36.9 Å². The van der Waals surface area contributed by atoms with Crippen molar-refractivity contribution in [2.24, 2.45) is 5.92 Å². The van der Waals surface area contributed by atoms with E-state index in [0.717, 1.165) is 44.5 Å². The Morgan fingerprint density at radius 2 is 1.77 bits per heavy atom. The topological polar surface area (TPSA) is 70.1 Å². The summed E-state index contributed by atoms with van der Waals surface area (Å²) in [5.41, 5.74) is 1.35. The van der Waals surface area contributed by atoms with Crippen LogP contribution in [0, 0.1) is 10.7 Å². The normalized spacial score (nSPS) is 17.9. The lowest BCUT2D eigenvalue weighted by molar-refractivity contribution is -0.133. The van der Waals surface area contributed by atoms with E-state index in [2.05, 4.69) is 10.3 Å². The Hall–Kier alpha value is -2.41. The van der Waals surface area contributed by atoms with Crippen LogP contribution in [-0.4, -0.2) is 45.4 Å². The van der Waals surface area contributed by atoms with Gasteiger partial charge in [0.15, 0.2) is 4.77 Å². The first-order chi connectivity index (χ1) is 12.6. The number of aromatic nitrogens is 2. The van der Waals surface area contributed by atoms with E-state index in [4.69, 9.17) is 12.2 Å². The summed E-state index contributed by atoms with van der Waals surface area (Å²) in [7, 11) is 0. The van der Waals surface area contributed by atoms with Crippen LogP contribution in [0.5, 0.6) is 0 Å². The lowest BCUT2D eigenvalue weighted by Gasteiger charge is -2.32. The molecule has 0 atom stereocenters. The fourth-order valence-corrected chi connectivity index (χ4v) is 3.72. The number of benzene rings is 1. The molecule has 1 saturated heterocycles. The minimum atomic E-state index is -0.145. The molecule has 7 heteroatoms. The number of imidazole rings is 1. The summed E-state index contributed by atoms with van der Waals surface area (Å²) >= 11 is 5.34. The number of H-pyrrole nitrogens is 1. The second kappa shape index (κ2) is 7.07. The van der Waals surface area contributed by atoms with Crippen molar-refractivity contribution < 1.29 is 9.59 Å². The van der Waals surface area contributed by atoms with Gasteiger partial charge < -0.3 is 15.2 Å². The van der Waals surface area contributed by atoms with Crippen molar-refractivity contribution in [3.05, 3.63) is 47.0 Å². The zero-order chi connectivity index (χ0) is 18.1. The highest BCUT2D eigenvalue weighted by Crippen LogP contribution is 2.31. The van der Waals surface area contributed by atoms with Crippen LogP contribution in [0.4, 0.5) is 0 Å². The van der Waals surface area contributed by atoms with Crippen LogP contribution in [0.2, 0.25) is 0 Å². The number of aromatic amines is 1. The van der Waals surface area contributed by atoms with Crippen molar-refractivity contribution in [3.63, 3.8) is 0 Å². The van der Waals surface area contributed by atoms with Crippen LogP contribution in [0.1, 0.15) is 36.2 Å². The molecule has 1 aromatic carbocycles. The van der Waals surface area contributed by atoms with Crippen LogP contribution in [0.15, 0.2) is 36.5 Å². The Bertz CT molecular complexity index is 861. The quantitative estimate of drug-likeness (QED) is 0.813. The van der Waals surface area contributed by atoms with Gasteiger partial charge in [-0.15, -0.1) is 0 Å². The Kier molecular flexibility index (Phi) is 4.63. The van der Waals surface area contributed by atoms with E-state index in [9.17, 15) is 9.59 Å². The largest absolute Gasteiger partial charge is 0.348 e. The van der Waals surface area contributed by atoms with Crippen LogP contribution in [-0.2, 0) is 4.79 Å². The minimum absolute atomic E-state index is 0.0819. The summed E-state index contributed by atoms with van der Waals surface area (Å²) < 4.78 is 2.24. The molecule has 0 bridgehead atoms. The molecule has 2 aliphatic rings. The number of hydrogen-bond acceptors (Lipinski definition) is 3. The van der Waals surface area contributed by atoms with E-state index < -0.39 is 0 Å². The number of carbonyl (C=O) groups is 2. The second-order valence-corrected chi connectivity index (χ2v) is 7.38. The zero-order valence-corrected chi connectivity index (χ0v) is 15.3. The summed E-state index contributed by atoms with van der Waals surface area (Å²) in [6.07, 6.45) is 5.30. The third-order valence-electron chi connectivity index (χ3n) is 5.09. The number of carbonyl (C=O) groups excluding carboxylic acids is 2. The predicted octanol–water partition coefficient (Wildman–Crippen LogP) is 2.67. The van der Waals surface area contributed by atoms with Gasteiger partial charge in [-0.3, -0.25) is 14.2 Å². The van der Waals surface area contributed by atoms with Gasteiger partial charge in [-0.2, -0.15) is 0 Å². The molecule has 6 nitrogen and oxygen atoms in total. The van der Waals surface area contributed by atoms with Crippen molar-refractivity contribution >= 4 is 24.0 Å². The monoisotopic (exact) mass is 370 g/mol. The van der Waals surface area contributed by atoms with Crippen molar-refractivity contribution in [2.75, 3.05) is 13.1 Å². The van der Waals surface area contributed by atoms with Gasteiger partial charge in [-0.25, -0.2) is 0 Å². The summed E-state index contributed by atoms with van der Waals surface area (Å²) in [5.74, 6) is 0.405. The number of likely N-dealkylation sites (tertiary alicyclic amines) is 1. The standard InChI is InChI=1S/C19H22N4O2S/c24-17(16-12-20-19(26)23(16)15-4-2-1-3-5-15)21-14-8-10-22(11-9-14)18(25)13-6-7-13/h1-5,12-14H,6-11H2,(H,20,26)(H,21,24). The average molecular weight is 370 g/mol. The highest BCUT2D eigenvalue weighted by atomic mass is 32.1. The van der Waals surface area contributed by atoms with Crippen molar-refractivity contribution in [2.45, 2.75) is 31.7 Å². The summed E-state index contributed by atoms with van der Waals surface area (Å²) in [6.45, 7) is 1.44. The fourth-order valence-electron chi connectivity index (χ4n) is 3.46. The van der Waals surface area contributed by atoms with E-state index in [1.165, 1.54) is 0 Å². The lowest BCUT2D eigenvalue weighted by atomic mass is 10.0. The first kappa shape index (κ1) is 17.0. The van der Waals surface area contributed by atoms with Gasteiger partial charge in [-0.1, -0.05) is 18.2 Å². The number of nitrogens with one attached hydrogen (secondary N) is 2. The molecule has 1 aliphatic carbocycles. The predicted molar refractivity (Wildman–Crippen MR) is 101 cm³/mol. The van der Waals surface area contributed by atoms with Crippen LogP contribution in [0.25, 0.3) is 5.69 Å². The van der Waals surface area contributed by atoms with Crippen molar-refractivity contribution in [1.29, 1.82) is 0 Å². The molecule has 2 N–H and O–H groups in total. The molecule has 2 fully saturated rings. The molecule has 0 radical (unpaired) electrons. The SMILES string of the molecule is O=C(NC1CCN(C(=O)C2CC2)CC1)c1c[nH]c(=S)n1-c1ccccc1. The second-order valence-electron chi connectivity index (χ2n) is 7.00. The van der Waals surface area contributed by atoms with Crippen molar-refractivity contribution in [1.82, 2.24) is 19.8 Å². The van der Waals surface area contributed by atoms with Gasteiger partial charge in [0.2, 0.25) is 5.91 Å². The molecule has 0 unspecified atom stereocenters. The van der Waals surface area contributed by atoms with Gasteiger partial charge in [0.05, 0.1) is 0 Å². The molecule has 1 saturated carbocycles. The van der Waals surface area contributed by atoms with E-state index >= 15 is 0 Å². The van der Waals surface area contributed by atoms with Gasteiger partial charge in [0.1, 0.15) is 5.69 Å². The van der Waals surface area contributed by atoms with Gasteiger partial charge >= 0.3 is 0 Å². The Morgan fingerprint density at radius 3 is 2.42 bits per heavy atom. The number of piperidine rings is 1. The summed E-state index contributed by atoms with van der Waals surface area (Å²) in [4.78, 5) is 29.8. The van der Waals surface area contributed by atoms with Crippen LogP contribution in [0.3, 0.4) is 0 Å². The molecule has 4 rings (SSSR count). The summed E-state index contributed by atoms with van der Waals surface area (Å²) in [5, 5.41) is 3.10. The third kappa shape index (κ3) is 3.44. The first-order valence-electron chi connectivity index (χ1n) is 9.09. The summed E-state index contributed by atoms with van der Waals surface area (Å²) in [6, 6.07) is 9.68. The minimum Gasteiger partial charge on any atom is -0.348 e. The Labute approximate surface area is 157 Å². The average Bonchev–Trinajstić information content (AvgIpc) is 3.44. The number of hydrogen-bond donors (Lipinski definition) is 2. The molecule has 0 spiro atoms. The molecular formula is C19H22N4O2S. The lowest BCUT2D eigenvalue weighted by Crippen LogP contribution is -2.47. The molecule has 1 aliphatic heterocycles. The van der Waals surface area contributed by atoms with Gasteiger partial charge in [-0.05, 0) is 50.0 Å². The highest BCUT2D eigenvalue weighted by molar-refractivity contribution is 7.71. The maximum absolute atomic E-state index is 12.8. The fraction of sp³-hybridized carbons (Fsp3) is 0.421. The maximum atomic E-state index is 12.8. The number of amides is 2. The molecular weight excluding hydrogens is 348 g/mol. The van der Waals surface area contributed by atoms with E-state index in [1.807, 2.05) is 35.2 Å². The van der Waals surface area contributed by atoms with E-state index in [-0.39, 0.29) is 23.8 Å². The highest BCUT2D eigenvalue weighted by Gasteiger charge is 2.35. The number of rotatable bonds is 4. The third-order valence-corrected chi connectivity index (χ3v) is 5.39. The van der Waals surface area contributed by atoms with E-state index in [0.29, 0.717) is 10.5 Å². The zero-order valence-electron chi connectivity index (χ0n) is 14.5. The Morgan fingerprint density at radius 1 is 1.08 bits per heavy atom. The van der Waals surface area contributed by atoms with Crippen molar-refractivity contribution in [3.8, 4) is 5.69 Å². The van der Waals surface area contributed by atoms with E-state index in [1.54, 1.807) is 10.8 Å².